The lowest BCUT2D eigenvalue weighted by Crippen LogP contribution is -2.28. The first-order chi connectivity index (χ1) is 11.6. The maximum Gasteiger partial charge on any atom is 0.186 e. The van der Waals surface area contributed by atoms with Crippen molar-refractivity contribution in [1.82, 2.24) is 10.7 Å². The van der Waals surface area contributed by atoms with Gasteiger partial charge in [0, 0.05) is 7.05 Å². The van der Waals surface area contributed by atoms with E-state index in [9.17, 15) is 0 Å². The van der Waals surface area contributed by atoms with Gasteiger partial charge in [-0.1, -0.05) is 29.8 Å². The van der Waals surface area contributed by atoms with Crippen molar-refractivity contribution in [1.29, 1.82) is 0 Å². The number of methoxy groups -OCH3 is 1. The summed E-state index contributed by atoms with van der Waals surface area (Å²) in [5.74, 6) is 1.35. The average molecular weight is 343 g/mol. The molecule has 0 aromatic heterocycles. The highest BCUT2D eigenvalue weighted by Gasteiger charge is 2.06. The molecule has 0 spiro atoms. The van der Waals surface area contributed by atoms with Crippen LogP contribution in [0.2, 0.25) is 0 Å². The first-order valence-corrected chi connectivity index (χ1v) is 7.90. The molecule has 0 radical (unpaired) electrons. The van der Waals surface area contributed by atoms with Crippen LogP contribution in [0.5, 0.6) is 11.5 Å². The molecule has 0 saturated carbocycles. The maximum atomic E-state index is 5.87. The highest BCUT2D eigenvalue weighted by atomic mass is 32.1. The zero-order chi connectivity index (χ0) is 17.4. The van der Waals surface area contributed by atoms with Crippen LogP contribution in [0.25, 0.3) is 0 Å². The molecule has 24 heavy (non-hydrogen) atoms. The van der Waals surface area contributed by atoms with E-state index >= 15 is 0 Å². The van der Waals surface area contributed by atoms with E-state index in [1.807, 2.05) is 30.3 Å². The number of rotatable bonds is 6. The second-order valence-corrected chi connectivity index (χ2v) is 5.55. The van der Waals surface area contributed by atoms with Crippen molar-refractivity contribution in [3.8, 4) is 11.5 Å². The SMILES string of the molecule is CNC(=S)N/N=C\c1ccc(OCc2cccc(C)c2)c(OC)c1. The summed E-state index contributed by atoms with van der Waals surface area (Å²) < 4.78 is 11.3. The summed E-state index contributed by atoms with van der Waals surface area (Å²) in [4.78, 5) is 0. The van der Waals surface area contributed by atoms with E-state index in [2.05, 4.69) is 34.9 Å². The van der Waals surface area contributed by atoms with Crippen LogP contribution < -0.4 is 20.2 Å². The van der Waals surface area contributed by atoms with Gasteiger partial charge in [0.15, 0.2) is 16.6 Å². The minimum Gasteiger partial charge on any atom is -0.493 e. The summed E-state index contributed by atoms with van der Waals surface area (Å²) >= 11 is 4.95. The van der Waals surface area contributed by atoms with Crippen LogP contribution in [0.15, 0.2) is 47.6 Å². The topological polar surface area (TPSA) is 54.9 Å². The molecule has 0 saturated heterocycles. The molecule has 0 unspecified atom stereocenters. The molecule has 0 aliphatic carbocycles. The fourth-order valence-electron chi connectivity index (χ4n) is 2.07. The van der Waals surface area contributed by atoms with E-state index in [1.54, 1.807) is 20.4 Å². The van der Waals surface area contributed by atoms with Crippen LogP contribution in [-0.4, -0.2) is 25.5 Å². The molecule has 0 amide bonds. The summed E-state index contributed by atoms with van der Waals surface area (Å²) in [6, 6.07) is 13.9. The summed E-state index contributed by atoms with van der Waals surface area (Å²) in [7, 11) is 3.35. The van der Waals surface area contributed by atoms with Crippen LogP contribution in [0.3, 0.4) is 0 Å². The Morgan fingerprint density at radius 3 is 2.75 bits per heavy atom. The first kappa shape index (κ1) is 17.7. The Kier molecular flexibility index (Phi) is 6.57. The van der Waals surface area contributed by atoms with Crippen molar-refractivity contribution < 1.29 is 9.47 Å². The van der Waals surface area contributed by atoms with Crippen molar-refractivity contribution in [2.24, 2.45) is 5.10 Å². The molecule has 0 bridgehead atoms. The Hall–Kier alpha value is -2.60. The standard InChI is InChI=1S/C18H21N3O2S/c1-13-5-4-6-15(9-13)12-23-16-8-7-14(10-17(16)22-3)11-20-21-18(24)19-2/h4-11H,12H2,1-3H3,(H2,19,21,24)/b20-11-. The van der Waals surface area contributed by atoms with E-state index in [0.717, 1.165) is 11.1 Å². The molecule has 0 atom stereocenters. The van der Waals surface area contributed by atoms with Gasteiger partial charge in [-0.3, -0.25) is 5.43 Å². The van der Waals surface area contributed by atoms with Gasteiger partial charge in [-0.25, -0.2) is 0 Å². The molecule has 0 heterocycles. The lowest BCUT2D eigenvalue weighted by atomic mass is 10.1. The molecule has 2 aromatic carbocycles. The largest absolute Gasteiger partial charge is 0.493 e. The number of hydrogen-bond donors (Lipinski definition) is 2. The fraction of sp³-hybridized carbons (Fsp3) is 0.222. The summed E-state index contributed by atoms with van der Waals surface area (Å²) in [6.45, 7) is 2.55. The Balaban J connectivity index is 2.04. The number of benzene rings is 2. The van der Waals surface area contributed by atoms with Gasteiger partial charge in [-0.15, -0.1) is 0 Å². The number of nitrogens with one attached hydrogen (secondary N) is 2. The Labute approximate surface area is 147 Å². The van der Waals surface area contributed by atoms with E-state index in [1.165, 1.54) is 5.56 Å². The van der Waals surface area contributed by atoms with Crippen LogP contribution >= 0.6 is 12.2 Å². The van der Waals surface area contributed by atoms with Gasteiger partial charge >= 0.3 is 0 Å². The van der Waals surface area contributed by atoms with Crippen LogP contribution in [0.1, 0.15) is 16.7 Å². The lowest BCUT2D eigenvalue weighted by molar-refractivity contribution is 0.284. The van der Waals surface area contributed by atoms with Crippen LogP contribution in [0.4, 0.5) is 0 Å². The van der Waals surface area contributed by atoms with Crippen molar-refractivity contribution in [3.63, 3.8) is 0 Å². The molecule has 126 valence electrons. The van der Waals surface area contributed by atoms with Crippen molar-refractivity contribution in [2.75, 3.05) is 14.2 Å². The monoisotopic (exact) mass is 343 g/mol. The van der Waals surface area contributed by atoms with E-state index in [4.69, 9.17) is 21.7 Å². The minimum absolute atomic E-state index is 0.455. The van der Waals surface area contributed by atoms with Crippen LogP contribution in [-0.2, 0) is 6.61 Å². The quantitative estimate of drug-likeness (QED) is 0.480. The minimum atomic E-state index is 0.455. The molecular formula is C18H21N3O2S. The van der Waals surface area contributed by atoms with Gasteiger partial charge < -0.3 is 14.8 Å². The Morgan fingerprint density at radius 1 is 1.21 bits per heavy atom. The van der Waals surface area contributed by atoms with E-state index in [-0.39, 0.29) is 0 Å². The summed E-state index contributed by atoms with van der Waals surface area (Å²) in [6.07, 6.45) is 1.66. The molecule has 2 aromatic rings. The van der Waals surface area contributed by atoms with E-state index < -0.39 is 0 Å². The highest BCUT2D eigenvalue weighted by molar-refractivity contribution is 7.80. The van der Waals surface area contributed by atoms with E-state index in [0.29, 0.717) is 23.2 Å². The lowest BCUT2D eigenvalue weighted by Gasteiger charge is -2.11. The molecule has 2 N–H and O–H groups in total. The predicted molar refractivity (Wildman–Crippen MR) is 101 cm³/mol. The zero-order valence-electron chi connectivity index (χ0n) is 14.0. The predicted octanol–water partition coefficient (Wildman–Crippen LogP) is 3.01. The number of ether oxygens (including phenoxy) is 2. The number of hydrazone groups is 1. The van der Waals surface area contributed by atoms with Crippen molar-refractivity contribution >= 4 is 23.5 Å². The van der Waals surface area contributed by atoms with Gasteiger partial charge in [0.2, 0.25) is 0 Å². The second-order valence-electron chi connectivity index (χ2n) is 5.14. The molecule has 2 rings (SSSR count). The molecular weight excluding hydrogens is 322 g/mol. The molecule has 6 heteroatoms. The number of nitrogens with zero attached hydrogens (tertiary/aromatic N) is 1. The number of thiocarbonyl (C=S) groups is 1. The average Bonchev–Trinajstić information content (AvgIpc) is 2.60. The molecule has 0 fully saturated rings. The highest BCUT2D eigenvalue weighted by Crippen LogP contribution is 2.28. The molecule has 0 aliphatic rings. The normalized spacial score (nSPS) is 10.5. The fourth-order valence-corrected chi connectivity index (χ4v) is 2.12. The van der Waals surface area contributed by atoms with Gasteiger partial charge in [-0.05, 0) is 48.5 Å². The third-order valence-corrected chi connectivity index (χ3v) is 3.57. The smallest absolute Gasteiger partial charge is 0.186 e. The number of aryl methyl sites for hydroxylation is 1. The summed E-state index contributed by atoms with van der Waals surface area (Å²) in [5.41, 5.74) is 5.91. The van der Waals surface area contributed by atoms with Gasteiger partial charge in [0.25, 0.3) is 0 Å². The van der Waals surface area contributed by atoms with Crippen LogP contribution in [0, 0.1) is 6.92 Å². The Bertz CT molecular complexity index is 732. The van der Waals surface area contributed by atoms with Gasteiger partial charge in [0.1, 0.15) is 6.61 Å². The Morgan fingerprint density at radius 2 is 2.04 bits per heavy atom. The first-order valence-electron chi connectivity index (χ1n) is 7.49. The maximum absolute atomic E-state index is 5.87. The third-order valence-electron chi connectivity index (χ3n) is 3.27. The van der Waals surface area contributed by atoms with Gasteiger partial charge in [0.05, 0.1) is 13.3 Å². The number of hydrogen-bond acceptors (Lipinski definition) is 4. The zero-order valence-corrected chi connectivity index (χ0v) is 14.8. The van der Waals surface area contributed by atoms with Gasteiger partial charge in [-0.2, -0.15) is 5.10 Å². The third kappa shape index (κ3) is 5.24. The van der Waals surface area contributed by atoms with Crippen molar-refractivity contribution in [3.05, 3.63) is 59.2 Å². The molecule has 0 aliphatic heterocycles. The molecule has 5 nitrogen and oxygen atoms in total. The van der Waals surface area contributed by atoms with Crippen molar-refractivity contribution in [2.45, 2.75) is 13.5 Å². The second kappa shape index (κ2) is 8.88. The summed E-state index contributed by atoms with van der Waals surface area (Å²) in [5, 5.41) is 7.28.